The number of allylic oxidation sites excluding steroid dienone is 1. The van der Waals surface area contributed by atoms with E-state index in [-0.39, 0.29) is 0 Å². The molecular weight excluding hydrogens is 256 g/mol. The second-order valence-electron chi connectivity index (χ2n) is 5.45. The number of aryl methyl sites for hydroxylation is 1. The molecule has 2 N–H and O–H groups in total. The first-order chi connectivity index (χ1) is 10.3. The lowest BCUT2D eigenvalue weighted by atomic mass is 10.0. The Bertz CT molecular complexity index is 983. The zero-order valence-electron chi connectivity index (χ0n) is 12.3. The number of aromatic nitrogens is 2. The molecule has 0 radical (unpaired) electrons. The molecule has 2 aromatic carbocycles. The summed E-state index contributed by atoms with van der Waals surface area (Å²) in [7, 11) is 0. The van der Waals surface area contributed by atoms with Gasteiger partial charge < -0.3 is 9.97 Å². The number of hydrogen-bond donors (Lipinski definition) is 2. The maximum Gasteiger partial charge on any atom is 0.0563 e. The monoisotopic (exact) mass is 274 g/mol. The third kappa shape index (κ3) is 1.65. The lowest BCUT2D eigenvalue weighted by molar-refractivity contribution is 1.14. The molecule has 21 heavy (non-hydrogen) atoms. The van der Waals surface area contributed by atoms with Gasteiger partial charge in [-0.15, -0.1) is 0 Å². The predicted octanol–water partition coefficient (Wildman–Crippen LogP) is 5.40. The van der Waals surface area contributed by atoms with Crippen LogP contribution < -0.4 is 0 Å². The SMILES string of the molecule is C/C=C\c1[nH]c2c(ccc3[nH]c4ccccc4c32)c1CC. The summed E-state index contributed by atoms with van der Waals surface area (Å²) in [5.74, 6) is 0. The minimum atomic E-state index is 1.04. The molecule has 0 aliphatic heterocycles. The van der Waals surface area contributed by atoms with Gasteiger partial charge in [0.25, 0.3) is 0 Å². The highest BCUT2D eigenvalue weighted by Crippen LogP contribution is 2.34. The number of hydrogen-bond acceptors (Lipinski definition) is 0. The maximum atomic E-state index is 3.63. The van der Waals surface area contributed by atoms with Crippen LogP contribution in [0.3, 0.4) is 0 Å². The van der Waals surface area contributed by atoms with Crippen LogP contribution in [0.5, 0.6) is 0 Å². The Kier molecular flexibility index (Phi) is 2.64. The van der Waals surface area contributed by atoms with Crippen molar-refractivity contribution in [2.45, 2.75) is 20.3 Å². The van der Waals surface area contributed by atoms with Gasteiger partial charge in [-0.05, 0) is 37.1 Å². The average molecular weight is 274 g/mol. The van der Waals surface area contributed by atoms with Crippen LogP contribution in [0.2, 0.25) is 0 Å². The Balaban J connectivity index is 2.22. The molecule has 0 bridgehead atoms. The summed E-state index contributed by atoms with van der Waals surface area (Å²) in [5.41, 5.74) is 6.26. The quantitative estimate of drug-likeness (QED) is 0.490. The minimum Gasteiger partial charge on any atom is -0.354 e. The van der Waals surface area contributed by atoms with E-state index in [1.807, 2.05) is 0 Å². The van der Waals surface area contributed by atoms with Crippen LogP contribution in [0.4, 0.5) is 0 Å². The highest BCUT2D eigenvalue weighted by Gasteiger charge is 2.13. The molecule has 0 saturated carbocycles. The third-order valence-electron chi connectivity index (χ3n) is 4.27. The number of benzene rings is 2. The second kappa shape index (κ2) is 4.52. The molecule has 4 aromatic rings. The summed E-state index contributed by atoms with van der Waals surface area (Å²) in [4.78, 5) is 7.14. The van der Waals surface area contributed by atoms with Crippen molar-refractivity contribution in [3.05, 3.63) is 53.7 Å². The van der Waals surface area contributed by atoms with Crippen molar-refractivity contribution in [1.29, 1.82) is 0 Å². The third-order valence-corrected chi connectivity index (χ3v) is 4.27. The highest BCUT2D eigenvalue weighted by molar-refractivity contribution is 6.19. The Morgan fingerprint density at radius 3 is 2.62 bits per heavy atom. The van der Waals surface area contributed by atoms with Gasteiger partial charge in [-0.1, -0.05) is 37.3 Å². The number of H-pyrrole nitrogens is 2. The fourth-order valence-corrected chi connectivity index (χ4v) is 3.37. The fourth-order valence-electron chi connectivity index (χ4n) is 3.37. The Labute approximate surface area is 123 Å². The van der Waals surface area contributed by atoms with Crippen LogP contribution >= 0.6 is 0 Å². The molecule has 0 fully saturated rings. The van der Waals surface area contributed by atoms with E-state index in [0.717, 1.165) is 6.42 Å². The summed E-state index contributed by atoms with van der Waals surface area (Å²) < 4.78 is 0. The first-order valence-corrected chi connectivity index (χ1v) is 7.50. The van der Waals surface area contributed by atoms with Crippen molar-refractivity contribution in [3.8, 4) is 0 Å². The van der Waals surface area contributed by atoms with Gasteiger partial charge in [-0.3, -0.25) is 0 Å². The van der Waals surface area contributed by atoms with E-state index in [0.29, 0.717) is 0 Å². The maximum absolute atomic E-state index is 3.63. The first-order valence-electron chi connectivity index (χ1n) is 7.50. The summed E-state index contributed by atoms with van der Waals surface area (Å²) in [6.07, 6.45) is 5.29. The summed E-state index contributed by atoms with van der Waals surface area (Å²) in [5, 5.41) is 3.92. The normalized spacial score (nSPS) is 12.3. The molecule has 0 aliphatic carbocycles. The number of fused-ring (bicyclic) bond motifs is 5. The van der Waals surface area contributed by atoms with Gasteiger partial charge >= 0.3 is 0 Å². The minimum absolute atomic E-state index is 1.04. The molecule has 0 saturated heterocycles. The number of nitrogens with one attached hydrogen (secondary N) is 2. The van der Waals surface area contributed by atoms with Crippen LogP contribution in [-0.2, 0) is 6.42 Å². The van der Waals surface area contributed by atoms with E-state index in [1.54, 1.807) is 0 Å². The molecule has 2 nitrogen and oxygen atoms in total. The van der Waals surface area contributed by atoms with Crippen LogP contribution in [0.1, 0.15) is 25.1 Å². The Morgan fingerprint density at radius 2 is 1.81 bits per heavy atom. The molecule has 4 rings (SSSR count). The van der Waals surface area contributed by atoms with Gasteiger partial charge in [-0.25, -0.2) is 0 Å². The van der Waals surface area contributed by atoms with Gasteiger partial charge in [0.15, 0.2) is 0 Å². The molecule has 2 aromatic heterocycles. The number of rotatable bonds is 2. The van der Waals surface area contributed by atoms with E-state index in [4.69, 9.17) is 0 Å². The zero-order valence-corrected chi connectivity index (χ0v) is 12.3. The first kappa shape index (κ1) is 12.3. The summed E-state index contributed by atoms with van der Waals surface area (Å²) >= 11 is 0. The molecule has 0 spiro atoms. The van der Waals surface area contributed by atoms with Gasteiger partial charge in [-0.2, -0.15) is 0 Å². The van der Waals surface area contributed by atoms with E-state index < -0.39 is 0 Å². The molecule has 0 aliphatic rings. The van der Waals surface area contributed by atoms with Crippen molar-refractivity contribution in [2.24, 2.45) is 0 Å². The topological polar surface area (TPSA) is 31.6 Å². The van der Waals surface area contributed by atoms with Crippen molar-refractivity contribution in [1.82, 2.24) is 9.97 Å². The van der Waals surface area contributed by atoms with Gasteiger partial charge in [0.1, 0.15) is 0 Å². The van der Waals surface area contributed by atoms with E-state index in [1.165, 1.54) is 44.0 Å². The van der Waals surface area contributed by atoms with Crippen LogP contribution in [0.15, 0.2) is 42.5 Å². The summed E-state index contributed by atoms with van der Waals surface area (Å²) in [6.45, 7) is 4.28. The van der Waals surface area contributed by atoms with Gasteiger partial charge in [0, 0.05) is 32.9 Å². The Morgan fingerprint density at radius 1 is 0.952 bits per heavy atom. The van der Waals surface area contributed by atoms with Crippen LogP contribution in [0, 0.1) is 0 Å². The van der Waals surface area contributed by atoms with Crippen molar-refractivity contribution >= 4 is 38.8 Å². The fraction of sp³-hybridized carbons (Fsp3) is 0.158. The molecular formula is C19H18N2. The van der Waals surface area contributed by atoms with Crippen LogP contribution in [0.25, 0.3) is 38.8 Å². The van der Waals surface area contributed by atoms with Crippen LogP contribution in [-0.4, -0.2) is 9.97 Å². The second-order valence-corrected chi connectivity index (χ2v) is 5.45. The van der Waals surface area contributed by atoms with Crippen molar-refractivity contribution in [3.63, 3.8) is 0 Å². The molecule has 2 heteroatoms. The van der Waals surface area contributed by atoms with Gasteiger partial charge in [0.05, 0.1) is 5.52 Å². The van der Waals surface area contributed by atoms with Crippen molar-refractivity contribution < 1.29 is 0 Å². The van der Waals surface area contributed by atoms with E-state index >= 15 is 0 Å². The van der Waals surface area contributed by atoms with E-state index in [2.05, 4.69) is 72.4 Å². The highest BCUT2D eigenvalue weighted by atomic mass is 14.8. The number of aromatic amines is 2. The molecule has 0 amide bonds. The molecule has 0 atom stereocenters. The number of para-hydroxylation sites is 1. The molecule has 0 unspecified atom stereocenters. The Hall–Kier alpha value is -2.48. The van der Waals surface area contributed by atoms with Gasteiger partial charge in [0.2, 0.25) is 0 Å². The molecule has 104 valence electrons. The lowest BCUT2D eigenvalue weighted by Gasteiger charge is -1.97. The lowest BCUT2D eigenvalue weighted by Crippen LogP contribution is -1.81. The largest absolute Gasteiger partial charge is 0.354 e. The molecule has 2 heterocycles. The standard InChI is InChI=1S/C19H18N2/c1-3-7-15-12(4-2)13-10-11-17-18(19(13)21-15)14-8-5-6-9-16(14)20-17/h3,5-11,20-21H,4H2,1-2H3/b7-3-. The van der Waals surface area contributed by atoms with Crippen molar-refractivity contribution in [2.75, 3.05) is 0 Å². The summed E-state index contributed by atoms with van der Waals surface area (Å²) in [6, 6.07) is 12.9. The smallest absolute Gasteiger partial charge is 0.0563 e. The van der Waals surface area contributed by atoms with E-state index in [9.17, 15) is 0 Å². The predicted molar refractivity (Wildman–Crippen MR) is 91.7 cm³/mol. The zero-order chi connectivity index (χ0) is 14.4. The average Bonchev–Trinajstić information content (AvgIpc) is 3.04.